The summed E-state index contributed by atoms with van der Waals surface area (Å²) in [4.78, 5) is 4.93. The Balaban J connectivity index is 1.56. The lowest BCUT2D eigenvalue weighted by Crippen LogP contribution is -2.48. The lowest BCUT2D eigenvalue weighted by molar-refractivity contribution is -0.0182. The van der Waals surface area contributed by atoms with E-state index in [0.717, 1.165) is 48.9 Å². The molecule has 6 rings (SSSR count). The molecule has 5 aliphatic rings. The van der Waals surface area contributed by atoms with Crippen molar-refractivity contribution >= 4 is 0 Å². The molecule has 102 valence electrons. The van der Waals surface area contributed by atoms with Crippen molar-refractivity contribution in [2.45, 2.75) is 56.9 Å². The van der Waals surface area contributed by atoms with E-state index in [4.69, 9.17) is 9.40 Å². The van der Waals surface area contributed by atoms with Gasteiger partial charge in [-0.2, -0.15) is 0 Å². The van der Waals surface area contributed by atoms with Crippen LogP contribution in [0.1, 0.15) is 55.9 Å². The van der Waals surface area contributed by atoms with Gasteiger partial charge in [-0.25, -0.2) is 4.98 Å². The number of aromatic nitrogens is 1. The van der Waals surface area contributed by atoms with Gasteiger partial charge < -0.3 is 9.73 Å². The van der Waals surface area contributed by atoms with E-state index >= 15 is 0 Å². The van der Waals surface area contributed by atoms with Gasteiger partial charge in [0.25, 0.3) is 0 Å². The third-order valence-electron chi connectivity index (χ3n) is 6.09. The topological polar surface area (TPSA) is 38.1 Å². The minimum Gasteiger partial charge on any atom is -0.443 e. The van der Waals surface area contributed by atoms with E-state index in [0.29, 0.717) is 5.41 Å². The van der Waals surface area contributed by atoms with E-state index in [2.05, 4.69) is 5.32 Å². The standard InChI is InChI=1S/C16H22N2O/c1-2-17-9-14-13(1)18-15(19-14)16-6-10-3-11(7-16)5-12(4-10)8-16/h10-12,17H,1-9H2. The van der Waals surface area contributed by atoms with Crippen LogP contribution in [0.3, 0.4) is 0 Å². The highest BCUT2D eigenvalue weighted by Gasteiger charge is 2.54. The van der Waals surface area contributed by atoms with Crippen molar-refractivity contribution < 1.29 is 4.42 Å². The molecular weight excluding hydrogens is 236 g/mol. The molecule has 3 heteroatoms. The van der Waals surface area contributed by atoms with Crippen LogP contribution in [0.4, 0.5) is 0 Å². The molecule has 2 heterocycles. The Labute approximate surface area is 114 Å². The fourth-order valence-corrected chi connectivity index (χ4v) is 5.72. The van der Waals surface area contributed by atoms with Crippen molar-refractivity contribution in [3.8, 4) is 0 Å². The monoisotopic (exact) mass is 258 g/mol. The van der Waals surface area contributed by atoms with Crippen LogP contribution in [0.25, 0.3) is 0 Å². The van der Waals surface area contributed by atoms with Gasteiger partial charge in [0.1, 0.15) is 5.76 Å². The second-order valence-electron chi connectivity index (χ2n) is 7.51. The summed E-state index contributed by atoms with van der Waals surface area (Å²) >= 11 is 0. The molecule has 0 spiro atoms. The van der Waals surface area contributed by atoms with Crippen molar-refractivity contribution in [1.29, 1.82) is 0 Å². The second-order valence-corrected chi connectivity index (χ2v) is 7.51. The van der Waals surface area contributed by atoms with Crippen molar-refractivity contribution in [3.63, 3.8) is 0 Å². The highest BCUT2D eigenvalue weighted by Crippen LogP contribution is 2.60. The van der Waals surface area contributed by atoms with Gasteiger partial charge in [0.15, 0.2) is 0 Å². The summed E-state index contributed by atoms with van der Waals surface area (Å²) in [5, 5.41) is 3.39. The summed E-state index contributed by atoms with van der Waals surface area (Å²) < 4.78 is 6.22. The average molecular weight is 258 g/mol. The van der Waals surface area contributed by atoms with Crippen molar-refractivity contribution in [3.05, 3.63) is 17.3 Å². The predicted molar refractivity (Wildman–Crippen MR) is 71.8 cm³/mol. The highest BCUT2D eigenvalue weighted by atomic mass is 16.4. The summed E-state index contributed by atoms with van der Waals surface area (Å²) in [5.41, 5.74) is 1.57. The summed E-state index contributed by atoms with van der Waals surface area (Å²) in [6.45, 7) is 1.94. The molecule has 19 heavy (non-hydrogen) atoms. The third kappa shape index (κ3) is 1.51. The van der Waals surface area contributed by atoms with Gasteiger partial charge >= 0.3 is 0 Å². The first-order valence-corrected chi connectivity index (χ1v) is 8.00. The number of hydrogen-bond acceptors (Lipinski definition) is 3. The molecule has 1 N–H and O–H groups in total. The zero-order valence-electron chi connectivity index (χ0n) is 11.5. The Hall–Kier alpha value is -0.830. The molecule has 4 aliphatic carbocycles. The van der Waals surface area contributed by atoms with Crippen molar-refractivity contribution in [1.82, 2.24) is 10.3 Å². The van der Waals surface area contributed by atoms with Crippen molar-refractivity contribution in [2.75, 3.05) is 6.54 Å². The number of nitrogens with one attached hydrogen (secondary N) is 1. The molecule has 1 aliphatic heterocycles. The van der Waals surface area contributed by atoms with Crippen LogP contribution in [0.5, 0.6) is 0 Å². The van der Waals surface area contributed by atoms with Gasteiger partial charge in [-0.05, 0) is 56.3 Å². The predicted octanol–water partition coefficient (Wildman–Crippen LogP) is 2.79. The molecule has 0 atom stereocenters. The van der Waals surface area contributed by atoms with E-state index in [1.54, 1.807) is 0 Å². The molecule has 4 fully saturated rings. The van der Waals surface area contributed by atoms with E-state index in [-0.39, 0.29) is 0 Å². The number of nitrogens with zero attached hydrogens (tertiary/aromatic N) is 1. The summed E-state index contributed by atoms with van der Waals surface area (Å²) in [6.07, 6.45) is 9.57. The largest absolute Gasteiger partial charge is 0.443 e. The Morgan fingerprint density at radius 3 is 2.37 bits per heavy atom. The number of fused-ring (bicyclic) bond motifs is 1. The van der Waals surface area contributed by atoms with Crippen LogP contribution in [-0.4, -0.2) is 11.5 Å². The number of oxazole rings is 1. The maximum Gasteiger partial charge on any atom is 0.200 e. The molecule has 4 saturated carbocycles. The molecular formula is C16H22N2O. The fourth-order valence-electron chi connectivity index (χ4n) is 5.72. The smallest absolute Gasteiger partial charge is 0.200 e. The second kappa shape index (κ2) is 3.63. The van der Waals surface area contributed by atoms with Crippen LogP contribution in [0.15, 0.2) is 4.42 Å². The summed E-state index contributed by atoms with van der Waals surface area (Å²) in [7, 11) is 0. The first-order chi connectivity index (χ1) is 9.31. The zero-order valence-corrected chi connectivity index (χ0v) is 11.5. The lowest BCUT2D eigenvalue weighted by Gasteiger charge is -2.55. The van der Waals surface area contributed by atoms with Gasteiger partial charge in [0, 0.05) is 18.4 Å². The minimum atomic E-state index is 0.325. The van der Waals surface area contributed by atoms with Crippen molar-refractivity contribution in [2.24, 2.45) is 17.8 Å². The molecule has 0 radical (unpaired) electrons. The molecule has 1 aromatic rings. The number of hydrogen-bond donors (Lipinski definition) is 1. The normalized spacial score (nSPS) is 43.5. The van der Waals surface area contributed by atoms with Gasteiger partial charge in [-0.1, -0.05) is 0 Å². The first kappa shape index (κ1) is 10.9. The molecule has 4 bridgehead atoms. The minimum absolute atomic E-state index is 0.325. The molecule has 3 nitrogen and oxygen atoms in total. The molecule has 1 aromatic heterocycles. The van der Waals surface area contributed by atoms with Crippen LogP contribution >= 0.6 is 0 Å². The van der Waals surface area contributed by atoms with Gasteiger partial charge in [-0.3, -0.25) is 0 Å². The summed E-state index contributed by atoms with van der Waals surface area (Å²) in [6, 6.07) is 0. The van der Waals surface area contributed by atoms with E-state index in [1.165, 1.54) is 44.2 Å². The quantitative estimate of drug-likeness (QED) is 0.841. The summed E-state index contributed by atoms with van der Waals surface area (Å²) in [5.74, 6) is 5.13. The maximum atomic E-state index is 6.22. The zero-order chi connectivity index (χ0) is 12.4. The first-order valence-electron chi connectivity index (χ1n) is 8.00. The van der Waals surface area contributed by atoms with Crippen LogP contribution in [-0.2, 0) is 18.4 Å². The Kier molecular flexibility index (Phi) is 2.08. The molecule has 0 unspecified atom stereocenters. The van der Waals surface area contributed by atoms with Gasteiger partial charge in [0.2, 0.25) is 5.89 Å². The Morgan fingerprint density at radius 2 is 1.74 bits per heavy atom. The fraction of sp³-hybridized carbons (Fsp3) is 0.812. The highest BCUT2D eigenvalue weighted by molar-refractivity contribution is 5.21. The van der Waals surface area contributed by atoms with Gasteiger partial charge in [0.05, 0.1) is 12.2 Å². The van der Waals surface area contributed by atoms with E-state index in [1.807, 2.05) is 0 Å². The maximum absolute atomic E-state index is 6.22. The lowest BCUT2D eigenvalue weighted by atomic mass is 9.49. The van der Waals surface area contributed by atoms with E-state index in [9.17, 15) is 0 Å². The number of rotatable bonds is 1. The molecule has 0 aromatic carbocycles. The van der Waals surface area contributed by atoms with Crippen LogP contribution < -0.4 is 5.32 Å². The van der Waals surface area contributed by atoms with Gasteiger partial charge in [-0.15, -0.1) is 0 Å². The third-order valence-corrected chi connectivity index (χ3v) is 6.09. The van der Waals surface area contributed by atoms with E-state index < -0.39 is 0 Å². The van der Waals surface area contributed by atoms with Crippen LogP contribution in [0.2, 0.25) is 0 Å². The molecule has 0 saturated heterocycles. The van der Waals surface area contributed by atoms with Crippen LogP contribution in [0, 0.1) is 17.8 Å². The Bertz CT molecular complexity index is 460. The average Bonchev–Trinajstić information content (AvgIpc) is 2.81. The Morgan fingerprint density at radius 1 is 1.05 bits per heavy atom. The SMILES string of the molecule is C1Cc2nc(C34CC5CC(CC(C5)C3)C4)oc2CN1. The molecule has 0 amide bonds.